The summed E-state index contributed by atoms with van der Waals surface area (Å²) in [5.74, 6) is 0. The molecule has 1 rings (SSSR count). The summed E-state index contributed by atoms with van der Waals surface area (Å²) < 4.78 is 5.21. The summed E-state index contributed by atoms with van der Waals surface area (Å²) in [4.78, 5) is 25.4. The molecule has 0 fully saturated rings. The smallest absolute Gasteiger partial charge is 0.409 e. The fraction of sp³-hybridized carbons (Fsp3) is 0.467. The average molecular weight is 293 g/mol. The van der Waals surface area contributed by atoms with Crippen molar-refractivity contribution in [3.63, 3.8) is 0 Å². The number of aryl methyl sites for hydroxylation is 1. The van der Waals surface area contributed by atoms with Gasteiger partial charge in [0.05, 0.1) is 0 Å². The molecule has 0 spiro atoms. The number of carbonyl (C=O) groups excluding carboxylic acids is 2. The third-order valence-corrected chi connectivity index (χ3v) is 3.25. The van der Waals surface area contributed by atoms with Crippen LogP contribution in [0.3, 0.4) is 0 Å². The van der Waals surface area contributed by atoms with Crippen LogP contribution in [0.2, 0.25) is 0 Å². The first kappa shape index (κ1) is 16.8. The Morgan fingerprint density at radius 2 is 1.57 bits per heavy atom. The SMILES string of the molecule is CCc1ccc(COC(=O)N(C)CCN(C)C(N)=O)cc1. The fourth-order valence-corrected chi connectivity index (χ4v) is 1.63. The quantitative estimate of drug-likeness (QED) is 0.869. The van der Waals surface area contributed by atoms with E-state index in [0.29, 0.717) is 13.1 Å². The van der Waals surface area contributed by atoms with Gasteiger partial charge in [-0.25, -0.2) is 9.59 Å². The first-order valence-electron chi connectivity index (χ1n) is 6.90. The molecule has 0 aliphatic carbocycles. The minimum atomic E-state index is -0.521. The van der Waals surface area contributed by atoms with Crippen LogP contribution in [0.1, 0.15) is 18.1 Å². The third-order valence-electron chi connectivity index (χ3n) is 3.25. The van der Waals surface area contributed by atoms with Crippen LogP contribution in [-0.4, -0.2) is 49.1 Å². The number of likely N-dealkylation sites (N-methyl/N-ethyl adjacent to an activating group) is 2. The molecule has 1 aromatic carbocycles. The molecule has 6 nitrogen and oxygen atoms in total. The zero-order valence-electron chi connectivity index (χ0n) is 12.8. The molecule has 116 valence electrons. The lowest BCUT2D eigenvalue weighted by atomic mass is 10.1. The van der Waals surface area contributed by atoms with Crippen molar-refractivity contribution >= 4 is 12.1 Å². The van der Waals surface area contributed by atoms with Gasteiger partial charge in [0.15, 0.2) is 0 Å². The van der Waals surface area contributed by atoms with Gasteiger partial charge in [-0.1, -0.05) is 31.2 Å². The van der Waals surface area contributed by atoms with Crippen LogP contribution >= 0.6 is 0 Å². The van der Waals surface area contributed by atoms with Crippen molar-refractivity contribution in [2.75, 3.05) is 27.2 Å². The second kappa shape index (κ2) is 8.14. The zero-order valence-corrected chi connectivity index (χ0v) is 12.8. The van der Waals surface area contributed by atoms with Crippen LogP contribution in [0.25, 0.3) is 0 Å². The number of urea groups is 1. The predicted molar refractivity (Wildman–Crippen MR) is 80.8 cm³/mol. The highest BCUT2D eigenvalue weighted by atomic mass is 16.6. The van der Waals surface area contributed by atoms with E-state index in [1.165, 1.54) is 15.4 Å². The zero-order chi connectivity index (χ0) is 15.8. The van der Waals surface area contributed by atoms with Gasteiger partial charge in [-0.15, -0.1) is 0 Å². The van der Waals surface area contributed by atoms with Gasteiger partial charge in [0.25, 0.3) is 0 Å². The molecule has 6 heteroatoms. The van der Waals surface area contributed by atoms with Crippen LogP contribution < -0.4 is 5.73 Å². The van der Waals surface area contributed by atoms with Gasteiger partial charge in [0.2, 0.25) is 0 Å². The summed E-state index contributed by atoms with van der Waals surface area (Å²) in [6.07, 6.45) is 0.559. The highest BCUT2D eigenvalue weighted by Crippen LogP contribution is 2.07. The Hall–Kier alpha value is -2.24. The summed E-state index contributed by atoms with van der Waals surface area (Å²) in [5.41, 5.74) is 7.30. The van der Waals surface area contributed by atoms with Gasteiger partial charge in [-0.2, -0.15) is 0 Å². The number of carbonyl (C=O) groups is 2. The largest absolute Gasteiger partial charge is 0.445 e. The fourth-order valence-electron chi connectivity index (χ4n) is 1.63. The number of nitrogens with zero attached hydrogens (tertiary/aromatic N) is 2. The van der Waals surface area contributed by atoms with E-state index in [9.17, 15) is 9.59 Å². The number of hydrogen-bond donors (Lipinski definition) is 1. The van der Waals surface area contributed by atoms with E-state index < -0.39 is 12.1 Å². The topological polar surface area (TPSA) is 75.9 Å². The van der Waals surface area contributed by atoms with Gasteiger partial charge in [-0.3, -0.25) is 0 Å². The number of hydrogen-bond acceptors (Lipinski definition) is 3. The van der Waals surface area contributed by atoms with E-state index in [2.05, 4.69) is 6.92 Å². The molecule has 0 saturated heterocycles. The van der Waals surface area contributed by atoms with Crippen LogP contribution in [0.5, 0.6) is 0 Å². The summed E-state index contributed by atoms with van der Waals surface area (Å²) >= 11 is 0. The molecule has 0 aliphatic heterocycles. The molecule has 0 heterocycles. The molecule has 0 atom stereocenters. The molecule has 0 saturated carbocycles. The molecule has 1 aromatic rings. The minimum Gasteiger partial charge on any atom is -0.445 e. The lowest BCUT2D eigenvalue weighted by Crippen LogP contribution is -2.39. The molecule has 21 heavy (non-hydrogen) atoms. The maximum atomic E-state index is 11.8. The van der Waals surface area contributed by atoms with E-state index in [4.69, 9.17) is 10.5 Å². The van der Waals surface area contributed by atoms with Gasteiger partial charge >= 0.3 is 12.1 Å². The summed E-state index contributed by atoms with van der Waals surface area (Å²) in [7, 11) is 3.20. The van der Waals surface area contributed by atoms with Gasteiger partial charge < -0.3 is 20.3 Å². The van der Waals surface area contributed by atoms with E-state index in [1.807, 2.05) is 24.3 Å². The van der Waals surface area contributed by atoms with Gasteiger partial charge in [0, 0.05) is 27.2 Å². The van der Waals surface area contributed by atoms with Crippen molar-refractivity contribution in [2.45, 2.75) is 20.0 Å². The molecule has 3 amide bonds. The number of ether oxygens (including phenoxy) is 1. The van der Waals surface area contributed by atoms with E-state index >= 15 is 0 Å². The van der Waals surface area contributed by atoms with Crippen LogP contribution in [-0.2, 0) is 17.8 Å². The Bertz CT molecular complexity index is 474. The molecule has 0 radical (unpaired) electrons. The molecule has 0 unspecified atom stereocenters. The number of amides is 3. The summed E-state index contributed by atoms with van der Waals surface area (Å²) in [6, 6.07) is 7.43. The molecule has 0 aliphatic rings. The monoisotopic (exact) mass is 293 g/mol. The molecular formula is C15H23N3O3. The highest BCUT2D eigenvalue weighted by Gasteiger charge is 2.12. The molecular weight excluding hydrogens is 270 g/mol. The maximum Gasteiger partial charge on any atom is 0.409 e. The number of benzene rings is 1. The Balaban J connectivity index is 2.36. The first-order valence-corrected chi connectivity index (χ1v) is 6.90. The second-order valence-corrected chi connectivity index (χ2v) is 4.91. The Labute approximate surface area is 125 Å². The number of rotatable bonds is 6. The molecule has 2 N–H and O–H groups in total. The second-order valence-electron chi connectivity index (χ2n) is 4.91. The number of nitrogens with two attached hydrogens (primary N) is 1. The molecule has 0 aromatic heterocycles. The van der Waals surface area contributed by atoms with E-state index in [-0.39, 0.29) is 6.61 Å². The van der Waals surface area contributed by atoms with Crippen LogP contribution in [0, 0.1) is 0 Å². The third kappa shape index (κ3) is 5.72. The highest BCUT2D eigenvalue weighted by molar-refractivity contribution is 5.71. The summed E-state index contributed by atoms with van der Waals surface area (Å²) in [6.45, 7) is 3.06. The average Bonchev–Trinajstić information content (AvgIpc) is 2.50. The Kier molecular flexibility index (Phi) is 6.52. The van der Waals surface area contributed by atoms with Crippen LogP contribution in [0.15, 0.2) is 24.3 Å². The standard InChI is InChI=1S/C15H23N3O3/c1-4-12-5-7-13(8-6-12)11-21-15(20)18(3)10-9-17(2)14(16)19/h5-8H,4,9-11H2,1-3H3,(H2,16,19). The van der Waals surface area contributed by atoms with Crippen molar-refractivity contribution in [1.82, 2.24) is 9.80 Å². The lowest BCUT2D eigenvalue weighted by molar-refractivity contribution is 0.102. The normalized spacial score (nSPS) is 10.0. The summed E-state index contributed by atoms with van der Waals surface area (Å²) in [5, 5.41) is 0. The maximum absolute atomic E-state index is 11.8. The Morgan fingerprint density at radius 3 is 2.10 bits per heavy atom. The predicted octanol–water partition coefficient (Wildman–Crippen LogP) is 1.83. The van der Waals surface area contributed by atoms with E-state index in [0.717, 1.165) is 12.0 Å². The Morgan fingerprint density at radius 1 is 1.05 bits per heavy atom. The minimum absolute atomic E-state index is 0.235. The first-order chi connectivity index (χ1) is 9.93. The van der Waals surface area contributed by atoms with Crippen molar-refractivity contribution < 1.29 is 14.3 Å². The van der Waals surface area contributed by atoms with Crippen molar-refractivity contribution in [1.29, 1.82) is 0 Å². The van der Waals surface area contributed by atoms with Gasteiger partial charge in [0.1, 0.15) is 6.61 Å². The van der Waals surface area contributed by atoms with Gasteiger partial charge in [-0.05, 0) is 17.5 Å². The van der Waals surface area contributed by atoms with Crippen molar-refractivity contribution in [3.8, 4) is 0 Å². The van der Waals surface area contributed by atoms with Crippen molar-refractivity contribution in [2.24, 2.45) is 5.73 Å². The molecule has 0 bridgehead atoms. The lowest BCUT2D eigenvalue weighted by Gasteiger charge is -2.20. The number of primary amides is 1. The van der Waals surface area contributed by atoms with E-state index in [1.54, 1.807) is 14.1 Å². The van der Waals surface area contributed by atoms with Crippen LogP contribution in [0.4, 0.5) is 9.59 Å². The van der Waals surface area contributed by atoms with Crippen molar-refractivity contribution in [3.05, 3.63) is 35.4 Å².